The quantitative estimate of drug-likeness (QED) is 0.182. The second-order valence-corrected chi connectivity index (χ2v) is 9.42. The molecule has 2 aromatic heterocycles. The maximum atomic E-state index is 12.2. The average molecular weight is 539 g/mol. The molecule has 39 heavy (non-hydrogen) atoms. The minimum atomic E-state index is -1.12. The number of aromatic nitrogens is 3. The summed E-state index contributed by atoms with van der Waals surface area (Å²) in [5, 5.41) is 28.1. The lowest BCUT2D eigenvalue weighted by molar-refractivity contribution is -0.131. The van der Waals surface area contributed by atoms with Gasteiger partial charge in [-0.2, -0.15) is 5.26 Å². The Morgan fingerprint density at radius 2 is 1.79 bits per heavy atom. The molecule has 5 aromatic rings. The normalized spacial score (nSPS) is 11.4. The molecule has 0 unspecified atom stereocenters. The fourth-order valence-electron chi connectivity index (χ4n) is 4.07. The number of nitriles is 1. The SMILES string of the molecule is COc1cc(OC)cc(-c2nnc(S/C(=C\c3cn(Cc4ccc(C#N)cc4)c4ccccc34)C(=O)O)o2)c1. The van der Waals surface area contributed by atoms with Gasteiger partial charge in [0.1, 0.15) is 16.4 Å². The summed E-state index contributed by atoms with van der Waals surface area (Å²) in [4.78, 5) is 12.2. The monoisotopic (exact) mass is 538 g/mol. The minimum absolute atomic E-state index is 0.0229. The molecule has 194 valence electrons. The van der Waals surface area contributed by atoms with Crippen molar-refractivity contribution in [3.8, 4) is 29.0 Å². The van der Waals surface area contributed by atoms with Crippen LogP contribution in [0.5, 0.6) is 11.5 Å². The molecule has 1 N–H and O–H groups in total. The Morgan fingerprint density at radius 3 is 2.46 bits per heavy atom. The Kier molecular flexibility index (Phi) is 7.34. The number of nitrogens with zero attached hydrogens (tertiary/aromatic N) is 4. The Morgan fingerprint density at radius 1 is 1.08 bits per heavy atom. The van der Waals surface area contributed by atoms with Gasteiger partial charge < -0.3 is 23.6 Å². The standard InChI is InChI=1S/C29H22N4O5S/c1-36-22-11-20(12-23(14-22)37-2)27-31-32-29(38-27)39-26(28(34)35)13-21-17-33(25-6-4-3-5-24(21)25)16-19-9-7-18(15-30)8-10-19/h3-14,17H,16H2,1-2H3,(H,34,35)/b26-13-. The second kappa shape index (κ2) is 11.2. The fraction of sp³-hybridized carbons (Fsp3) is 0.103. The van der Waals surface area contributed by atoms with Crippen LogP contribution in [0.1, 0.15) is 16.7 Å². The van der Waals surface area contributed by atoms with Gasteiger partial charge in [-0.3, -0.25) is 0 Å². The number of benzene rings is 3. The molecule has 0 amide bonds. The molecule has 0 fully saturated rings. The molecular formula is C29H22N4O5S. The predicted molar refractivity (Wildman–Crippen MR) is 147 cm³/mol. The van der Waals surface area contributed by atoms with E-state index < -0.39 is 5.97 Å². The number of hydrogen-bond acceptors (Lipinski definition) is 8. The van der Waals surface area contributed by atoms with Gasteiger partial charge in [-0.15, -0.1) is 10.2 Å². The first-order valence-corrected chi connectivity index (χ1v) is 12.6. The lowest BCUT2D eigenvalue weighted by atomic mass is 10.1. The number of hydrogen-bond donors (Lipinski definition) is 1. The maximum absolute atomic E-state index is 12.2. The molecule has 0 spiro atoms. The van der Waals surface area contributed by atoms with Gasteiger partial charge in [-0.05, 0) is 53.7 Å². The Labute approximate surface area is 227 Å². The van der Waals surface area contributed by atoms with Gasteiger partial charge in [-0.1, -0.05) is 30.3 Å². The lowest BCUT2D eigenvalue weighted by Crippen LogP contribution is -1.98. The summed E-state index contributed by atoms with van der Waals surface area (Å²) in [5.41, 5.74) is 3.89. The maximum Gasteiger partial charge on any atom is 0.342 e. The van der Waals surface area contributed by atoms with Gasteiger partial charge in [0.2, 0.25) is 5.89 Å². The number of thioether (sulfide) groups is 1. The van der Waals surface area contributed by atoms with Gasteiger partial charge in [0, 0.05) is 40.8 Å². The Hall–Kier alpha value is -5.01. The average Bonchev–Trinajstić information content (AvgIpc) is 3.57. The van der Waals surface area contributed by atoms with Crippen molar-refractivity contribution >= 4 is 34.7 Å². The smallest absolute Gasteiger partial charge is 0.342 e. The first-order chi connectivity index (χ1) is 19.0. The van der Waals surface area contributed by atoms with E-state index in [0.717, 1.165) is 33.8 Å². The molecular weight excluding hydrogens is 516 g/mol. The topological polar surface area (TPSA) is 123 Å². The van der Waals surface area contributed by atoms with E-state index in [0.29, 0.717) is 29.2 Å². The summed E-state index contributed by atoms with van der Waals surface area (Å²) in [6.07, 6.45) is 3.51. The summed E-state index contributed by atoms with van der Waals surface area (Å²) >= 11 is 0.872. The van der Waals surface area contributed by atoms with Crippen molar-refractivity contribution in [1.29, 1.82) is 5.26 Å². The molecule has 10 heteroatoms. The summed E-state index contributed by atoms with van der Waals surface area (Å²) in [5.74, 6) is 0.200. The van der Waals surface area contributed by atoms with Crippen molar-refractivity contribution in [2.45, 2.75) is 11.8 Å². The third-order valence-corrected chi connectivity index (χ3v) is 6.81. The minimum Gasteiger partial charge on any atom is -0.497 e. The zero-order valence-corrected chi connectivity index (χ0v) is 21.8. The number of aliphatic carboxylic acids is 1. The number of carboxylic acid groups (broad SMARTS) is 1. The number of carboxylic acids is 1. The van der Waals surface area contributed by atoms with E-state index in [1.165, 1.54) is 0 Å². The first kappa shape index (κ1) is 25.6. The van der Waals surface area contributed by atoms with E-state index in [2.05, 4.69) is 16.3 Å². The van der Waals surface area contributed by atoms with Gasteiger partial charge in [0.05, 0.1) is 25.9 Å². The molecule has 2 heterocycles. The molecule has 0 aliphatic heterocycles. The molecule has 0 aliphatic carbocycles. The third-order valence-electron chi connectivity index (χ3n) is 5.95. The summed E-state index contributed by atoms with van der Waals surface area (Å²) in [7, 11) is 3.08. The van der Waals surface area contributed by atoms with Gasteiger partial charge in [0.25, 0.3) is 5.22 Å². The van der Waals surface area contributed by atoms with Crippen LogP contribution in [-0.4, -0.2) is 40.1 Å². The predicted octanol–water partition coefficient (Wildman–Crippen LogP) is 5.85. The van der Waals surface area contributed by atoms with Crippen molar-refractivity contribution in [3.05, 3.63) is 94.5 Å². The van der Waals surface area contributed by atoms with Crippen molar-refractivity contribution in [2.24, 2.45) is 0 Å². The van der Waals surface area contributed by atoms with E-state index in [4.69, 9.17) is 19.2 Å². The van der Waals surface area contributed by atoms with Crippen LogP contribution < -0.4 is 9.47 Å². The van der Waals surface area contributed by atoms with Crippen molar-refractivity contribution in [2.75, 3.05) is 14.2 Å². The highest BCUT2D eigenvalue weighted by molar-refractivity contribution is 8.03. The molecule has 9 nitrogen and oxygen atoms in total. The molecule has 5 rings (SSSR count). The van der Waals surface area contributed by atoms with Crippen LogP contribution in [-0.2, 0) is 11.3 Å². The summed E-state index contributed by atoms with van der Waals surface area (Å²) in [6.45, 7) is 0.562. The molecule has 0 saturated carbocycles. The lowest BCUT2D eigenvalue weighted by Gasteiger charge is -2.05. The van der Waals surface area contributed by atoms with E-state index in [9.17, 15) is 9.90 Å². The number of rotatable bonds is 9. The largest absolute Gasteiger partial charge is 0.497 e. The molecule has 3 aromatic carbocycles. The third kappa shape index (κ3) is 5.63. The molecule has 0 saturated heterocycles. The molecule has 0 radical (unpaired) electrons. The highest BCUT2D eigenvalue weighted by atomic mass is 32.2. The van der Waals surface area contributed by atoms with Crippen molar-refractivity contribution in [1.82, 2.24) is 14.8 Å². The van der Waals surface area contributed by atoms with Crippen LogP contribution in [0.4, 0.5) is 0 Å². The van der Waals surface area contributed by atoms with Gasteiger partial charge in [-0.25, -0.2) is 4.79 Å². The number of fused-ring (bicyclic) bond motifs is 1. The zero-order valence-electron chi connectivity index (χ0n) is 21.0. The fourth-order valence-corrected chi connectivity index (χ4v) is 4.73. The van der Waals surface area contributed by atoms with Crippen LogP contribution >= 0.6 is 11.8 Å². The van der Waals surface area contributed by atoms with E-state index >= 15 is 0 Å². The van der Waals surface area contributed by atoms with Crippen LogP contribution in [0, 0.1) is 11.3 Å². The molecule has 0 atom stereocenters. The Balaban J connectivity index is 1.45. The van der Waals surface area contributed by atoms with Crippen LogP contribution in [0.15, 0.2) is 87.5 Å². The zero-order chi connectivity index (χ0) is 27.4. The Bertz CT molecular complexity index is 1710. The summed E-state index contributed by atoms with van der Waals surface area (Å²) in [6, 6.07) is 22.4. The van der Waals surface area contributed by atoms with Crippen molar-refractivity contribution < 1.29 is 23.8 Å². The van der Waals surface area contributed by atoms with Crippen LogP contribution in [0.3, 0.4) is 0 Å². The second-order valence-electron chi connectivity index (χ2n) is 8.43. The van der Waals surface area contributed by atoms with Crippen LogP contribution in [0.2, 0.25) is 0 Å². The van der Waals surface area contributed by atoms with Crippen molar-refractivity contribution in [3.63, 3.8) is 0 Å². The van der Waals surface area contributed by atoms with Gasteiger partial charge >= 0.3 is 5.97 Å². The molecule has 0 bridgehead atoms. The number of para-hydroxylation sites is 1. The van der Waals surface area contributed by atoms with E-state index in [1.54, 1.807) is 50.6 Å². The van der Waals surface area contributed by atoms with Gasteiger partial charge in [0.15, 0.2) is 0 Å². The first-order valence-electron chi connectivity index (χ1n) is 11.7. The number of ether oxygens (including phenoxy) is 2. The number of methoxy groups -OCH3 is 2. The number of carbonyl (C=O) groups is 1. The highest BCUT2D eigenvalue weighted by Crippen LogP contribution is 2.34. The summed E-state index contributed by atoms with van der Waals surface area (Å²) < 4.78 is 18.4. The van der Waals surface area contributed by atoms with E-state index in [-0.39, 0.29) is 16.0 Å². The molecule has 0 aliphatic rings. The highest BCUT2D eigenvalue weighted by Gasteiger charge is 2.18. The van der Waals surface area contributed by atoms with E-state index in [1.807, 2.05) is 47.2 Å². The van der Waals surface area contributed by atoms with Crippen LogP contribution in [0.25, 0.3) is 28.4 Å².